The number of nitrogens with one attached hydrogen (secondary N) is 1. The van der Waals surface area contributed by atoms with E-state index < -0.39 is 0 Å². The molecule has 3 nitrogen and oxygen atoms in total. The summed E-state index contributed by atoms with van der Waals surface area (Å²) < 4.78 is 0. The molecule has 0 bridgehead atoms. The van der Waals surface area contributed by atoms with Crippen LogP contribution in [-0.4, -0.2) is 23.7 Å². The molecule has 2 aliphatic rings. The van der Waals surface area contributed by atoms with Gasteiger partial charge in [0.05, 0.1) is 5.54 Å². The van der Waals surface area contributed by atoms with Gasteiger partial charge in [0.1, 0.15) is 5.25 Å². The summed E-state index contributed by atoms with van der Waals surface area (Å²) >= 11 is 1.74. The van der Waals surface area contributed by atoms with Crippen LogP contribution >= 0.6 is 24.2 Å². The fourth-order valence-electron chi connectivity index (χ4n) is 3.00. The van der Waals surface area contributed by atoms with E-state index in [1.165, 1.54) is 24.0 Å². The van der Waals surface area contributed by atoms with Gasteiger partial charge in [0.15, 0.2) is 0 Å². The second kappa shape index (κ2) is 6.59. The molecule has 1 aliphatic heterocycles. The lowest BCUT2D eigenvalue weighted by atomic mass is 9.94. The Labute approximate surface area is 136 Å². The molecule has 116 valence electrons. The van der Waals surface area contributed by atoms with E-state index >= 15 is 0 Å². The first-order valence-electron chi connectivity index (χ1n) is 7.35. The van der Waals surface area contributed by atoms with Crippen molar-refractivity contribution in [2.45, 2.75) is 37.0 Å². The van der Waals surface area contributed by atoms with Crippen molar-refractivity contribution in [3.8, 4) is 0 Å². The maximum absolute atomic E-state index is 12.7. The van der Waals surface area contributed by atoms with Gasteiger partial charge in [-0.1, -0.05) is 24.3 Å². The molecule has 3 N–H and O–H groups in total. The molecule has 1 aromatic carbocycles. The van der Waals surface area contributed by atoms with Crippen molar-refractivity contribution in [2.75, 3.05) is 12.3 Å². The average Bonchev–Trinajstić information content (AvgIpc) is 3.31. The minimum Gasteiger partial charge on any atom is -0.348 e. The molecule has 1 heterocycles. The molecule has 2 unspecified atom stereocenters. The first-order valence-corrected chi connectivity index (χ1v) is 8.40. The first-order chi connectivity index (χ1) is 9.64. The molecule has 1 saturated carbocycles. The summed E-state index contributed by atoms with van der Waals surface area (Å²) in [5, 5.41) is 3.15. The lowest BCUT2D eigenvalue weighted by Gasteiger charge is -2.33. The van der Waals surface area contributed by atoms with Gasteiger partial charge in [0.25, 0.3) is 0 Å². The molecule has 1 aromatic rings. The summed E-state index contributed by atoms with van der Waals surface area (Å²) in [6.45, 7) is 2.60. The topological polar surface area (TPSA) is 55.1 Å². The van der Waals surface area contributed by atoms with Crippen LogP contribution in [0.4, 0.5) is 0 Å². The van der Waals surface area contributed by atoms with E-state index in [1.54, 1.807) is 11.8 Å². The van der Waals surface area contributed by atoms with E-state index in [1.807, 2.05) is 6.07 Å². The molecular formula is C16H23ClN2OS. The Morgan fingerprint density at radius 3 is 2.81 bits per heavy atom. The zero-order valence-corrected chi connectivity index (χ0v) is 13.9. The van der Waals surface area contributed by atoms with E-state index in [0.717, 1.165) is 12.2 Å². The van der Waals surface area contributed by atoms with E-state index in [-0.39, 0.29) is 29.1 Å². The van der Waals surface area contributed by atoms with Crippen molar-refractivity contribution in [3.63, 3.8) is 0 Å². The number of hydrogen-bond donors (Lipinski definition) is 2. The van der Waals surface area contributed by atoms with Gasteiger partial charge in [-0.2, -0.15) is 0 Å². The van der Waals surface area contributed by atoms with Crippen LogP contribution in [0.2, 0.25) is 0 Å². The Bertz CT molecular complexity index is 521. The minimum absolute atomic E-state index is 0. The highest BCUT2D eigenvalue weighted by Gasteiger charge is 2.43. The zero-order valence-electron chi connectivity index (χ0n) is 12.3. The molecule has 0 aromatic heterocycles. The van der Waals surface area contributed by atoms with Crippen LogP contribution < -0.4 is 11.1 Å². The molecule has 0 radical (unpaired) electrons. The summed E-state index contributed by atoms with van der Waals surface area (Å²) in [6, 6.07) is 8.30. The third kappa shape index (κ3) is 3.38. The number of carbonyl (C=O) groups excluding carboxylic acids is 1. The van der Waals surface area contributed by atoms with Gasteiger partial charge in [0.2, 0.25) is 5.91 Å². The summed E-state index contributed by atoms with van der Waals surface area (Å²) in [7, 11) is 0. The van der Waals surface area contributed by atoms with Crippen LogP contribution in [-0.2, 0) is 11.2 Å². The average molecular weight is 327 g/mol. The number of rotatable bonds is 4. The molecule has 21 heavy (non-hydrogen) atoms. The molecule has 0 saturated heterocycles. The predicted octanol–water partition coefficient (Wildman–Crippen LogP) is 2.68. The van der Waals surface area contributed by atoms with Crippen molar-refractivity contribution >= 4 is 30.1 Å². The summed E-state index contributed by atoms with van der Waals surface area (Å²) in [4.78, 5) is 12.7. The highest BCUT2D eigenvalue weighted by atomic mass is 35.5. The number of thioether (sulfide) groups is 1. The van der Waals surface area contributed by atoms with Crippen molar-refractivity contribution < 1.29 is 4.79 Å². The minimum atomic E-state index is -0.232. The van der Waals surface area contributed by atoms with Crippen LogP contribution in [0.25, 0.3) is 0 Å². The number of amides is 1. The highest BCUT2D eigenvalue weighted by molar-refractivity contribution is 8.00. The largest absolute Gasteiger partial charge is 0.348 e. The van der Waals surface area contributed by atoms with Gasteiger partial charge in [-0.15, -0.1) is 24.2 Å². The summed E-state index contributed by atoms with van der Waals surface area (Å²) in [6.07, 6.45) is 3.42. The second-order valence-electron chi connectivity index (χ2n) is 6.08. The number of fused-ring (bicyclic) bond motifs is 1. The molecule has 3 rings (SSSR count). The predicted molar refractivity (Wildman–Crippen MR) is 90.9 cm³/mol. The van der Waals surface area contributed by atoms with Gasteiger partial charge in [-0.3, -0.25) is 4.79 Å². The monoisotopic (exact) mass is 326 g/mol. The molecule has 5 heteroatoms. The number of nitrogens with two attached hydrogens (primary N) is 1. The summed E-state index contributed by atoms with van der Waals surface area (Å²) in [5.74, 6) is 1.69. The van der Waals surface area contributed by atoms with Gasteiger partial charge in [0, 0.05) is 6.54 Å². The van der Waals surface area contributed by atoms with Gasteiger partial charge in [-0.25, -0.2) is 0 Å². The van der Waals surface area contributed by atoms with Crippen LogP contribution in [0.15, 0.2) is 24.3 Å². The number of benzene rings is 1. The Kier molecular flexibility index (Phi) is 5.23. The van der Waals surface area contributed by atoms with Crippen molar-refractivity contribution in [2.24, 2.45) is 11.7 Å². The Morgan fingerprint density at radius 2 is 2.14 bits per heavy atom. The number of carbonyl (C=O) groups is 1. The van der Waals surface area contributed by atoms with Crippen LogP contribution in [0, 0.1) is 5.92 Å². The quantitative estimate of drug-likeness (QED) is 0.894. The summed E-state index contributed by atoms with van der Waals surface area (Å²) in [5.41, 5.74) is 8.16. The van der Waals surface area contributed by atoms with Gasteiger partial charge in [-0.05, 0) is 49.0 Å². The van der Waals surface area contributed by atoms with Crippen molar-refractivity contribution in [1.82, 2.24) is 5.32 Å². The lowest BCUT2D eigenvalue weighted by Crippen LogP contribution is -2.54. The van der Waals surface area contributed by atoms with E-state index in [0.29, 0.717) is 12.5 Å². The molecule has 1 fully saturated rings. The standard InChI is InChI=1S/C16H22N2OS.ClH/c1-16(10-17,12-6-7-12)18-15(19)14-13-5-3-2-4-11(13)8-9-20-14;/h2-5,12,14H,6-10,17H2,1H3,(H,18,19);1H. The van der Waals surface area contributed by atoms with Gasteiger partial charge >= 0.3 is 0 Å². The van der Waals surface area contributed by atoms with Crippen LogP contribution in [0.1, 0.15) is 36.1 Å². The third-order valence-electron chi connectivity index (χ3n) is 4.54. The molecular weight excluding hydrogens is 304 g/mol. The zero-order chi connectivity index (χ0) is 14.2. The Hall–Kier alpha value is -0.710. The SMILES string of the molecule is CC(CN)(NC(=O)C1SCCc2ccccc21)C1CC1.Cl. The van der Waals surface area contributed by atoms with Gasteiger partial charge < -0.3 is 11.1 Å². The molecule has 0 spiro atoms. The smallest absolute Gasteiger partial charge is 0.238 e. The van der Waals surface area contributed by atoms with Crippen molar-refractivity contribution in [3.05, 3.63) is 35.4 Å². The fourth-order valence-corrected chi connectivity index (χ4v) is 4.19. The van der Waals surface area contributed by atoms with Crippen LogP contribution in [0.3, 0.4) is 0 Å². The number of hydrogen-bond acceptors (Lipinski definition) is 3. The normalized spacial score (nSPS) is 23.4. The first kappa shape index (κ1) is 16.7. The lowest BCUT2D eigenvalue weighted by molar-refractivity contribution is -0.122. The Morgan fingerprint density at radius 1 is 1.43 bits per heavy atom. The van der Waals surface area contributed by atoms with E-state index in [9.17, 15) is 4.79 Å². The molecule has 1 amide bonds. The highest BCUT2D eigenvalue weighted by Crippen LogP contribution is 2.41. The van der Waals surface area contributed by atoms with E-state index in [2.05, 4.69) is 30.4 Å². The maximum Gasteiger partial charge on any atom is 0.238 e. The maximum atomic E-state index is 12.7. The molecule has 2 atom stereocenters. The Balaban J connectivity index is 0.00000161. The number of aryl methyl sites for hydroxylation is 1. The van der Waals surface area contributed by atoms with E-state index in [4.69, 9.17) is 5.73 Å². The van der Waals surface area contributed by atoms with Crippen molar-refractivity contribution in [1.29, 1.82) is 0 Å². The third-order valence-corrected chi connectivity index (χ3v) is 5.78. The molecule has 1 aliphatic carbocycles. The number of halogens is 1. The fraction of sp³-hybridized carbons (Fsp3) is 0.562. The van der Waals surface area contributed by atoms with Crippen LogP contribution in [0.5, 0.6) is 0 Å². The second-order valence-corrected chi connectivity index (χ2v) is 7.30.